The van der Waals surface area contributed by atoms with E-state index < -0.39 is 9.84 Å². The molecule has 0 bridgehead atoms. The Hall–Kier alpha value is -1.40. The maximum Gasteiger partial charge on any atom is 0.187 e. The van der Waals surface area contributed by atoms with Crippen molar-refractivity contribution in [3.8, 4) is 11.3 Å². The first-order chi connectivity index (χ1) is 7.89. The second-order valence-electron chi connectivity index (χ2n) is 3.78. The third-order valence-electron chi connectivity index (χ3n) is 2.35. The van der Waals surface area contributed by atoms with E-state index in [4.69, 9.17) is 5.73 Å². The Morgan fingerprint density at radius 2 is 1.94 bits per heavy atom. The first-order valence-corrected chi connectivity index (χ1v) is 7.63. The summed E-state index contributed by atoms with van der Waals surface area (Å²) in [5, 5.41) is 0.267. The largest absolute Gasteiger partial charge is 0.375 e. The van der Waals surface area contributed by atoms with Crippen LogP contribution in [0.5, 0.6) is 0 Å². The zero-order chi connectivity index (χ0) is 12.6. The highest BCUT2D eigenvalue weighted by Crippen LogP contribution is 2.34. The van der Waals surface area contributed by atoms with Crippen LogP contribution in [0.25, 0.3) is 11.3 Å². The summed E-state index contributed by atoms with van der Waals surface area (Å²) in [6, 6.07) is 7.51. The predicted molar refractivity (Wildman–Crippen MR) is 69.8 cm³/mol. The van der Waals surface area contributed by atoms with Crippen LogP contribution in [-0.4, -0.2) is 19.7 Å². The van der Waals surface area contributed by atoms with Gasteiger partial charge in [0.2, 0.25) is 0 Å². The molecule has 0 unspecified atom stereocenters. The number of nitrogens with two attached hydrogens (primary N) is 1. The standard InChI is InChI=1S/C11H12N2O2S2/c1-7-5-3-4-6-8(7)9-10(17(2,14)15)16-11(12)13-9/h3-6H,1-2H3,(H2,12,13). The average Bonchev–Trinajstić information content (AvgIpc) is 2.60. The lowest BCUT2D eigenvalue weighted by molar-refractivity contribution is 0.604. The summed E-state index contributed by atoms with van der Waals surface area (Å²) < 4.78 is 23.6. The molecule has 1 aromatic heterocycles. The summed E-state index contributed by atoms with van der Waals surface area (Å²) in [6.07, 6.45) is 1.17. The predicted octanol–water partition coefficient (Wildman–Crippen LogP) is 2.10. The van der Waals surface area contributed by atoms with Crippen molar-refractivity contribution in [1.82, 2.24) is 4.98 Å². The van der Waals surface area contributed by atoms with Gasteiger partial charge in [-0.2, -0.15) is 0 Å². The van der Waals surface area contributed by atoms with Gasteiger partial charge in [-0.1, -0.05) is 35.6 Å². The van der Waals surface area contributed by atoms with Crippen LogP contribution in [0.15, 0.2) is 28.5 Å². The van der Waals surface area contributed by atoms with E-state index in [0.717, 1.165) is 22.5 Å². The van der Waals surface area contributed by atoms with Crippen molar-refractivity contribution in [3.63, 3.8) is 0 Å². The first-order valence-electron chi connectivity index (χ1n) is 4.92. The van der Waals surface area contributed by atoms with Gasteiger partial charge >= 0.3 is 0 Å². The number of aromatic nitrogens is 1. The minimum atomic E-state index is -3.30. The quantitative estimate of drug-likeness (QED) is 0.905. The van der Waals surface area contributed by atoms with Gasteiger partial charge < -0.3 is 5.73 Å². The molecule has 0 amide bonds. The monoisotopic (exact) mass is 268 g/mol. The van der Waals surface area contributed by atoms with Crippen molar-refractivity contribution >= 4 is 26.3 Å². The van der Waals surface area contributed by atoms with Crippen LogP contribution in [0.1, 0.15) is 5.56 Å². The van der Waals surface area contributed by atoms with Crippen molar-refractivity contribution in [3.05, 3.63) is 29.8 Å². The molecule has 17 heavy (non-hydrogen) atoms. The molecule has 0 aliphatic heterocycles. The van der Waals surface area contributed by atoms with E-state index in [0.29, 0.717) is 5.69 Å². The van der Waals surface area contributed by atoms with E-state index in [1.165, 1.54) is 6.26 Å². The number of nitrogen functional groups attached to an aromatic ring is 1. The van der Waals surface area contributed by atoms with Crippen LogP contribution < -0.4 is 5.73 Å². The van der Waals surface area contributed by atoms with Crippen molar-refractivity contribution in [2.45, 2.75) is 11.1 Å². The van der Waals surface area contributed by atoms with Gasteiger partial charge in [0.1, 0.15) is 9.90 Å². The second kappa shape index (κ2) is 4.12. The number of sulfone groups is 1. The molecule has 0 saturated carbocycles. The third-order valence-corrected chi connectivity index (χ3v) is 5.05. The zero-order valence-electron chi connectivity index (χ0n) is 9.47. The van der Waals surface area contributed by atoms with E-state index in [1.807, 2.05) is 31.2 Å². The van der Waals surface area contributed by atoms with Crippen molar-refractivity contribution < 1.29 is 8.42 Å². The number of anilines is 1. The van der Waals surface area contributed by atoms with Crippen LogP contribution in [0.3, 0.4) is 0 Å². The summed E-state index contributed by atoms with van der Waals surface area (Å²) in [5.74, 6) is 0. The lowest BCUT2D eigenvalue weighted by Gasteiger charge is -2.03. The van der Waals surface area contributed by atoms with Gasteiger partial charge in [-0.15, -0.1) is 0 Å². The fraction of sp³-hybridized carbons (Fsp3) is 0.182. The van der Waals surface area contributed by atoms with E-state index in [2.05, 4.69) is 4.98 Å². The van der Waals surface area contributed by atoms with E-state index in [9.17, 15) is 8.42 Å². The maximum atomic E-state index is 11.7. The van der Waals surface area contributed by atoms with Gasteiger partial charge in [0.05, 0.1) is 0 Å². The van der Waals surface area contributed by atoms with E-state index >= 15 is 0 Å². The molecule has 0 fully saturated rings. The molecular formula is C11H12N2O2S2. The Balaban J connectivity index is 2.73. The number of nitrogens with zero attached hydrogens (tertiary/aromatic N) is 1. The smallest absolute Gasteiger partial charge is 0.187 e. The molecule has 2 N–H and O–H groups in total. The number of hydrogen-bond acceptors (Lipinski definition) is 5. The maximum absolute atomic E-state index is 11.7. The number of thiazole rings is 1. The molecule has 0 atom stereocenters. The Labute approximate surface area is 104 Å². The highest BCUT2D eigenvalue weighted by molar-refractivity contribution is 7.93. The molecule has 90 valence electrons. The van der Waals surface area contributed by atoms with Gasteiger partial charge in [-0.3, -0.25) is 0 Å². The van der Waals surface area contributed by atoms with Crippen molar-refractivity contribution in [2.24, 2.45) is 0 Å². The second-order valence-corrected chi connectivity index (χ2v) is 7.02. The Morgan fingerprint density at radius 1 is 1.29 bits per heavy atom. The molecule has 1 heterocycles. The van der Waals surface area contributed by atoms with Crippen LogP contribution in [0, 0.1) is 6.92 Å². The average molecular weight is 268 g/mol. The number of aryl methyl sites for hydroxylation is 1. The van der Waals surface area contributed by atoms with Crippen LogP contribution in [-0.2, 0) is 9.84 Å². The number of hydrogen-bond donors (Lipinski definition) is 1. The molecule has 0 aliphatic carbocycles. The van der Waals surface area contributed by atoms with Gasteiger partial charge in [0, 0.05) is 11.8 Å². The molecule has 0 saturated heterocycles. The molecular weight excluding hydrogens is 256 g/mol. The fourth-order valence-electron chi connectivity index (χ4n) is 1.58. The lowest BCUT2D eigenvalue weighted by atomic mass is 10.1. The first kappa shape index (κ1) is 12.1. The molecule has 1 aromatic carbocycles. The highest BCUT2D eigenvalue weighted by atomic mass is 32.2. The Kier molecular flexibility index (Phi) is 2.92. The van der Waals surface area contributed by atoms with Gasteiger partial charge in [0.15, 0.2) is 15.0 Å². The van der Waals surface area contributed by atoms with Crippen molar-refractivity contribution in [2.75, 3.05) is 12.0 Å². The zero-order valence-corrected chi connectivity index (χ0v) is 11.1. The van der Waals surface area contributed by atoms with Gasteiger partial charge in [-0.25, -0.2) is 13.4 Å². The molecule has 0 spiro atoms. The molecule has 4 nitrogen and oxygen atoms in total. The molecule has 0 radical (unpaired) electrons. The highest BCUT2D eigenvalue weighted by Gasteiger charge is 2.21. The van der Waals surface area contributed by atoms with Crippen LogP contribution in [0.2, 0.25) is 0 Å². The number of rotatable bonds is 2. The van der Waals surface area contributed by atoms with E-state index in [1.54, 1.807) is 0 Å². The Morgan fingerprint density at radius 3 is 2.53 bits per heavy atom. The lowest BCUT2D eigenvalue weighted by Crippen LogP contribution is -1.97. The summed E-state index contributed by atoms with van der Waals surface area (Å²) in [7, 11) is -3.30. The molecule has 2 rings (SSSR count). The SMILES string of the molecule is Cc1ccccc1-c1nc(N)sc1S(C)(=O)=O. The summed E-state index contributed by atoms with van der Waals surface area (Å²) in [4.78, 5) is 4.13. The summed E-state index contributed by atoms with van der Waals surface area (Å²) in [5.41, 5.74) is 7.84. The summed E-state index contributed by atoms with van der Waals surface area (Å²) in [6.45, 7) is 1.91. The summed E-state index contributed by atoms with van der Waals surface area (Å²) >= 11 is 1.00. The van der Waals surface area contributed by atoms with Crippen LogP contribution >= 0.6 is 11.3 Å². The van der Waals surface area contributed by atoms with E-state index in [-0.39, 0.29) is 9.34 Å². The van der Waals surface area contributed by atoms with Crippen LogP contribution in [0.4, 0.5) is 5.13 Å². The molecule has 6 heteroatoms. The van der Waals surface area contributed by atoms with Crippen molar-refractivity contribution in [1.29, 1.82) is 0 Å². The van der Waals surface area contributed by atoms with Gasteiger partial charge in [-0.05, 0) is 12.5 Å². The number of benzene rings is 1. The molecule has 0 aliphatic rings. The third kappa shape index (κ3) is 2.32. The minimum Gasteiger partial charge on any atom is -0.375 e. The fourth-order valence-corrected chi connectivity index (χ4v) is 3.53. The topological polar surface area (TPSA) is 73.0 Å². The van der Waals surface area contributed by atoms with Gasteiger partial charge in [0.25, 0.3) is 0 Å². The molecule has 2 aromatic rings. The Bertz CT molecular complexity index is 660. The normalized spacial score (nSPS) is 11.6. The minimum absolute atomic E-state index is 0.226.